The number of carbonyl (C=O) groups is 1. The molecule has 7 heteroatoms. The second kappa shape index (κ2) is 6.62. The van der Waals surface area contributed by atoms with E-state index < -0.39 is 6.61 Å². The Hall–Kier alpha value is -2.02. The van der Waals surface area contributed by atoms with Crippen molar-refractivity contribution >= 4 is 22.4 Å². The number of rotatable bonds is 4. The molecule has 0 fully saturated rings. The van der Waals surface area contributed by atoms with Gasteiger partial charge in [-0.15, -0.1) is 11.3 Å². The number of nitrogens with one attached hydrogen (secondary N) is 1. The third kappa shape index (κ3) is 3.85. The van der Waals surface area contributed by atoms with Crippen molar-refractivity contribution in [2.45, 2.75) is 32.8 Å². The summed E-state index contributed by atoms with van der Waals surface area (Å²) in [6.45, 7) is -0.664. The van der Waals surface area contributed by atoms with Gasteiger partial charge >= 0.3 is 6.61 Å². The Balaban J connectivity index is 1.67. The Morgan fingerprint density at radius 3 is 2.83 bits per heavy atom. The van der Waals surface area contributed by atoms with Crippen molar-refractivity contribution in [3.63, 3.8) is 0 Å². The van der Waals surface area contributed by atoms with E-state index >= 15 is 0 Å². The van der Waals surface area contributed by atoms with Crippen LogP contribution in [0.5, 0.6) is 5.75 Å². The number of benzene rings is 1. The molecule has 1 aromatic carbocycles. The van der Waals surface area contributed by atoms with Gasteiger partial charge in [-0.2, -0.15) is 8.78 Å². The maximum atomic E-state index is 12.2. The molecule has 1 unspecified atom stereocenters. The van der Waals surface area contributed by atoms with Crippen LogP contribution in [-0.2, 0) is 12.8 Å². The van der Waals surface area contributed by atoms with Crippen molar-refractivity contribution < 1.29 is 18.3 Å². The van der Waals surface area contributed by atoms with E-state index in [2.05, 4.69) is 22.0 Å². The van der Waals surface area contributed by atoms with Gasteiger partial charge in [-0.25, -0.2) is 4.98 Å². The van der Waals surface area contributed by atoms with Gasteiger partial charge < -0.3 is 4.74 Å². The molecule has 1 aliphatic carbocycles. The van der Waals surface area contributed by atoms with Gasteiger partial charge in [0.1, 0.15) is 5.75 Å². The fourth-order valence-electron chi connectivity index (χ4n) is 2.55. The summed E-state index contributed by atoms with van der Waals surface area (Å²) in [5, 5.41) is 3.36. The minimum absolute atomic E-state index is 0.0234. The Bertz CT molecular complexity index is 701. The molecule has 23 heavy (non-hydrogen) atoms. The van der Waals surface area contributed by atoms with Crippen LogP contribution in [0.25, 0.3) is 0 Å². The third-order valence-electron chi connectivity index (χ3n) is 3.75. The molecular formula is C16H16F2N2O2S. The van der Waals surface area contributed by atoms with Crippen LogP contribution in [0.2, 0.25) is 0 Å². The molecule has 0 saturated heterocycles. The smallest absolute Gasteiger partial charge is 0.387 e. The van der Waals surface area contributed by atoms with Crippen LogP contribution in [0.4, 0.5) is 13.9 Å². The molecule has 1 amide bonds. The van der Waals surface area contributed by atoms with Gasteiger partial charge in [0.25, 0.3) is 5.91 Å². The number of fused-ring (bicyclic) bond motifs is 1. The molecule has 0 radical (unpaired) electrons. The monoisotopic (exact) mass is 338 g/mol. The van der Waals surface area contributed by atoms with Crippen molar-refractivity contribution in [2.24, 2.45) is 5.92 Å². The molecule has 0 saturated carbocycles. The van der Waals surface area contributed by atoms with Crippen LogP contribution in [0.15, 0.2) is 24.3 Å². The molecule has 4 nitrogen and oxygen atoms in total. The average molecular weight is 338 g/mol. The molecule has 3 rings (SSSR count). The highest BCUT2D eigenvalue weighted by Crippen LogP contribution is 2.32. The molecule has 1 N–H and O–H groups in total. The van der Waals surface area contributed by atoms with E-state index in [4.69, 9.17) is 0 Å². The Labute approximate surface area is 136 Å². The lowest BCUT2D eigenvalue weighted by atomic mass is 9.93. The Kier molecular flexibility index (Phi) is 4.56. The van der Waals surface area contributed by atoms with Crippen LogP contribution >= 0.6 is 11.3 Å². The fourth-order valence-corrected chi connectivity index (χ4v) is 3.72. The van der Waals surface area contributed by atoms with Crippen molar-refractivity contribution in [3.05, 3.63) is 40.4 Å². The van der Waals surface area contributed by atoms with E-state index in [1.54, 1.807) is 0 Å². The first-order valence-corrected chi connectivity index (χ1v) is 8.17. The Morgan fingerprint density at radius 1 is 1.39 bits per heavy atom. The first-order chi connectivity index (χ1) is 11.0. The summed E-state index contributed by atoms with van der Waals surface area (Å²) in [7, 11) is 0. The molecule has 122 valence electrons. The van der Waals surface area contributed by atoms with Crippen molar-refractivity contribution in [2.75, 3.05) is 5.32 Å². The number of amides is 1. The molecule has 0 spiro atoms. The third-order valence-corrected chi connectivity index (χ3v) is 4.78. The van der Waals surface area contributed by atoms with E-state index in [0.717, 1.165) is 25.0 Å². The van der Waals surface area contributed by atoms with E-state index in [0.29, 0.717) is 16.6 Å². The molecule has 1 aromatic heterocycles. The fraction of sp³-hybridized carbons (Fsp3) is 0.375. The molecule has 0 bridgehead atoms. The quantitative estimate of drug-likeness (QED) is 0.912. The standard InChI is InChI=1S/C16H16F2N2O2S/c1-9-2-7-12-13(8-9)23-16(19-12)20-14(21)10-3-5-11(6-4-10)22-15(17)18/h3-6,9,15H,2,7-8H2,1H3,(H,19,20,21). The SMILES string of the molecule is CC1CCc2nc(NC(=O)c3ccc(OC(F)F)cc3)sc2C1. The number of nitrogens with zero attached hydrogens (tertiary/aromatic N) is 1. The average Bonchev–Trinajstić information content (AvgIpc) is 2.88. The van der Waals surface area contributed by atoms with E-state index in [9.17, 15) is 13.6 Å². The van der Waals surface area contributed by atoms with Crippen LogP contribution in [0.1, 0.15) is 34.3 Å². The topological polar surface area (TPSA) is 51.2 Å². The van der Waals surface area contributed by atoms with Crippen LogP contribution in [0, 0.1) is 5.92 Å². The zero-order valence-electron chi connectivity index (χ0n) is 12.5. The lowest BCUT2D eigenvalue weighted by Crippen LogP contribution is -2.12. The van der Waals surface area contributed by atoms with Gasteiger partial charge in [0.15, 0.2) is 5.13 Å². The summed E-state index contributed by atoms with van der Waals surface area (Å²) in [5.41, 5.74) is 1.44. The summed E-state index contributed by atoms with van der Waals surface area (Å²) in [5.74, 6) is 0.358. The van der Waals surface area contributed by atoms with Crippen molar-refractivity contribution in [1.82, 2.24) is 4.98 Å². The maximum Gasteiger partial charge on any atom is 0.387 e. The highest BCUT2D eigenvalue weighted by atomic mass is 32.1. The van der Waals surface area contributed by atoms with Gasteiger partial charge in [-0.1, -0.05) is 6.92 Å². The number of aromatic nitrogens is 1. The Morgan fingerprint density at radius 2 is 2.13 bits per heavy atom. The number of ether oxygens (including phenoxy) is 1. The van der Waals surface area contributed by atoms with Gasteiger partial charge in [0, 0.05) is 10.4 Å². The molecule has 1 heterocycles. The zero-order chi connectivity index (χ0) is 16.4. The number of hydrogen-bond acceptors (Lipinski definition) is 4. The highest BCUT2D eigenvalue weighted by Gasteiger charge is 2.20. The number of thiazole rings is 1. The van der Waals surface area contributed by atoms with Gasteiger partial charge in [0.05, 0.1) is 5.69 Å². The number of alkyl halides is 2. The van der Waals surface area contributed by atoms with E-state index in [1.165, 1.54) is 40.5 Å². The van der Waals surface area contributed by atoms with Gasteiger partial charge in [-0.3, -0.25) is 10.1 Å². The minimum Gasteiger partial charge on any atom is -0.435 e. The molecule has 2 aromatic rings. The second-order valence-electron chi connectivity index (χ2n) is 5.59. The first kappa shape index (κ1) is 15.9. The summed E-state index contributed by atoms with van der Waals surface area (Å²) >= 11 is 1.51. The van der Waals surface area contributed by atoms with E-state index in [1.807, 2.05) is 0 Å². The minimum atomic E-state index is -2.88. The highest BCUT2D eigenvalue weighted by molar-refractivity contribution is 7.15. The molecule has 1 aliphatic rings. The molecule has 1 atom stereocenters. The number of anilines is 1. The lowest BCUT2D eigenvalue weighted by molar-refractivity contribution is -0.0498. The predicted molar refractivity (Wildman–Crippen MR) is 84.3 cm³/mol. The lowest BCUT2D eigenvalue weighted by Gasteiger charge is -2.15. The summed E-state index contributed by atoms with van der Waals surface area (Å²) in [4.78, 5) is 17.9. The predicted octanol–water partition coefficient (Wildman–Crippen LogP) is 4.12. The van der Waals surface area contributed by atoms with Crippen LogP contribution in [0.3, 0.4) is 0 Å². The number of hydrogen-bond donors (Lipinski definition) is 1. The van der Waals surface area contributed by atoms with Crippen LogP contribution in [-0.4, -0.2) is 17.5 Å². The second-order valence-corrected chi connectivity index (χ2v) is 6.68. The zero-order valence-corrected chi connectivity index (χ0v) is 13.3. The normalized spacial score (nSPS) is 17.0. The van der Waals surface area contributed by atoms with E-state index in [-0.39, 0.29) is 11.7 Å². The largest absolute Gasteiger partial charge is 0.435 e. The van der Waals surface area contributed by atoms with Crippen molar-refractivity contribution in [3.8, 4) is 5.75 Å². The summed E-state index contributed by atoms with van der Waals surface area (Å²) < 4.78 is 28.5. The molecular weight excluding hydrogens is 322 g/mol. The summed E-state index contributed by atoms with van der Waals surface area (Å²) in [6, 6.07) is 5.58. The number of aryl methyl sites for hydroxylation is 1. The molecule has 0 aliphatic heterocycles. The van der Waals surface area contributed by atoms with Crippen molar-refractivity contribution in [1.29, 1.82) is 0 Å². The summed E-state index contributed by atoms with van der Waals surface area (Å²) in [6.07, 6.45) is 3.07. The number of carbonyl (C=O) groups excluding carboxylic acids is 1. The maximum absolute atomic E-state index is 12.2. The number of halogens is 2. The first-order valence-electron chi connectivity index (χ1n) is 7.36. The van der Waals surface area contributed by atoms with Crippen LogP contribution < -0.4 is 10.1 Å². The van der Waals surface area contributed by atoms with Gasteiger partial charge in [0.2, 0.25) is 0 Å². The van der Waals surface area contributed by atoms with Gasteiger partial charge in [-0.05, 0) is 49.4 Å².